The lowest BCUT2D eigenvalue weighted by Gasteiger charge is -2.37. The summed E-state index contributed by atoms with van der Waals surface area (Å²) in [5.74, 6) is 0.672. The number of rotatable bonds is 3. The molecule has 2 aliphatic rings. The quantitative estimate of drug-likeness (QED) is 0.808. The van der Waals surface area contributed by atoms with Crippen molar-refractivity contribution in [2.45, 2.75) is 76.7 Å². The molecule has 0 amide bonds. The Bertz CT molecular complexity index is 269. The summed E-state index contributed by atoms with van der Waals surface area (Å²) in [6.45, 7) is 0. The van der Waals surface area contributed by atoms with Gasteiger partial charge in [0.1, 0.15) is 0 Å². The van der Waals surface area contributed by atoms with Gasteiger partial charge in [0.15, 0.2) is 0 Å². The molecule has 0 heterocycles. The molecule has 1 atom stereocenters. The van der Waals surface area contributed by atoms with E-state index >= 15 is 0 Å². The minimum absolute atomic E-state index is 0.379. The summed E-state index contributed by atoms with van der Waals surface area (Å²) in [4.78, 5) is 0. The van der Waals surface area contributed by atoms with E-state index in [1.807, 2.05) is 0 Å². The van der Waals surface area contributed by atoms with Gasteiger partial charge in [-0.05, 0) is 25.2 Å². The van der Waals surface area contributed by atoms with E-state index in [0.717, 1.165) is 32.1 Å². The van der Waals surface area contributed by atoms with Gasteiger partial charge in [0.05, 0.1) is 17.6 Å². The van der Waals surface area contributed by atoms with Gasteiger partial charge in [0.2, 0.25) is 0 Å². The molecule has 0 bridgehead atoms. The zero-order valence-corrected chi connectivity index (χ0v) is 10.8. The molecule has 17 heavy (non-hydrogen) atoms. The van der Waals surface area contributed by atoms with Gasteiger partial charge >= 0.3 is 0 Å². The molecule has 0 spiro atoms. The van der Waals surface area contributed by atoms with Gasteiger partial charge in [0, 0.05) is 0 Å². The molecule has 0 saturated heterocycles. The van der Waals surface area contributed by atoms with Crippen LogP contribution in [0.5, 0.6) is 0 Å². The van der Waals surface area contributed by atoms with Gasteiger partial charge in [-0.25, -0.2) is 0 Å². The lowest BCUT2D eigenvalue weighted by atomic mass is 9.68. The molecule has 2 rings (SSSR count). The number of aliphatic hydroxyl groups excluding tert-OH is 1. The molecule has 0 aromatic rings. The maximum atomic E-state index is 10.5. The summed E-state index contributed by atoms with van der Waals surface area (Å²) in [5.41, 5.74) is -0.407. The Morgan fingerprint density at radius 3 is 2.24 bits per heavy atom. The normalized spacial score (nSPS) is 27.3. The summed E-state index contributed by atoms with van der Waals surface area (Å²) in [6.07, 6.45) is 12.3. The topological polar surface area (TPSA) is 44.0 Å². The van der Waals surface area contributed by atoms with Crippen LogP contribution in [0.25, 0.3) is 0 Å². The fraction of sp³-hybridized carbons (Fsp3) is 0.933. The maximum absolute atomic E-state index is 10.5. The Balaban J connectivity index is 1.92. The first kappa shape index (κ1) is 12.9. The summed E-state index contributed by atoms with van der Waals surface area (Å²) in [7, 11) is 0. The van der Waals surface area contributed by atoms with E-state index in [4.69, 9.17) is 0 Å². The predicted molar refractivity (Wildman–Crippen MR) is 68.3 cm³/mol. The molecule has 2 fully saturated rings. The van der Waals surface area contributed by atoms with Crippen molar-refractivity contribution in [3.05, 3.63) is 0 Å². The second kappa shape index (κ2) is 5.87. The third-order valence-corrected chi connectivity index (χ3v) is 4.89. The van der Waals surface area contributed by atoms with Crippen molar-refractivity contribution in [1.82, 2.24) is 0 Å². The second-order valence-electron chi connectivity index (χ2n) is 6.08. The first-order chi connectivity index (χ1) is 8.27. The molecule has 1 N–H and O–H groups in total. The maximum Gasteiger partial charge on any atom is 0.0832 e. The first-order valence-corrected chi connectivity index (χ1v) is 7.36. The Hall–Kier alpha value is -0.550. The smallest absolute Gasteiger partial charge is 0.0832 e. The molecule has 1 unspecified atom stereocenters. The molecule has 2 aliphatic carbocycles. The van der Waals surface area contributed by atoms with Crippen molar-refractivity contribution in [3.63, 3.8) is 0 Å². The van der Waals surface area contributed by atoms with Crippen LogP contribution in [0.4, 0.5) is 0 Å². The molecule has 0 radical (unpaired) electrons. The molecule has 2 nitrogen and oxygen atoms in total. The minimum Gasteiger partial charge on any atom is -0.391 e. The molecular weight excluding hydrogens is 210 g/mol. The van der Waals surface area contributed by atoms with Crippen molar-refractivity contribution < 1.29 is 5.11 Å². The van der Waals surface area contributed by atoms with Gasteiger partial charge < -0.3 is 5.11 Å². The van der Waals surface area contributed by atoms with Crippen LogP contribution < -0.4 is 0 Å². The van der Waals surface area contributed by atoms with Crippen LogP contribution in [0.3, 0.4) is 0 Å². The largest absolute Gasteiger partial charge is 0.391 e. The molecule has 2 saturated carbocycles. The highest BCUT2D eigenvalue weighted by Crippen LogP contribution is 2.42. The van der Waals surface area contributed by atoms with Crippen molar-refractivity contribution in [2.24, 2.45) is 11.3 Å². The third-order valence-electron chi connectivity index (χ3n) is 4.89. The number of nitrogens with zero attached hydrogens (tertiary/aromatic N) is 1. The van der Waals surface area contributed by atoms with Gasteiger partial charge in [-0.1, -0.05) is 51.4 Å². The standard InChI is InChI=1S/C15H25NO/c16-12-15(9-5-2-6-10-15)14(17)11-13-7-3-1-4-8-13/h13-14,17H,1-11H2. The van der Waals surface area contributed by atoms with Crippen molar-refractivity contribution in [2.75, 3.05) is 0 Å². The Labute approximate surface area is 105 Å². The Morgan fingerprint density at radius 1 is 1.06 bits per heavy atom. The lowest BCUT2D eigenvalue weighted by Crippen LogP contribution is -2.37. The van der Waals surface area contributed by atoms with Crippen LogP contribution in [0, 0.1) is 22.7 Å². The molecule has 2 heteroatoms. The van der Waals surface area contributed by atoms with Crippen LogP contribution in [0.15, 0.2) is 0 Å². The zero-order chi connectivity index (χ0) is 12.1. The highest BCUT2D eigenvalue weighted by Gasteiger charge is 2.40. The third kappa shape index (κ3) is 3.01. The van der Waals surface area contributed by atoms with Crippen molar-refractivity contribution >= 4 is 0 Å². The first-order valence-electron chi connectivity index (χ1n) is 7.36. The highest BCUT2D eigenvalue weighted by atomic mass is 16.3. The predicted octanol–water partition coefficient (Wildman–Crippen LogP) is 3.79. The van der Waals surface area contributed by atoms with Crippen molar-refractivity contribution in [1.29, 1.82) is 5.26 Å². The van der Waals surface area contributed by atoms with Gasteiger partial charge in [-0.15, -0.1) is 0 Å². The average molecular weight is 235 g/mol. The number of hydrogen-bond acceptors (Lipinski definition) is 2. The van der Waals surface area contributed by atoms with Crippen molar-refractivity contribution in [3.8, 4) is 6.07 Å². The molecular formula is C15H25NO. The fourth-order valence-electron chi connectivity index (χ4n) is 3.67. The van der Waals surface area contributed by atoms with Gasteiger partial charge in [-0.2, -0.15) is 5.26 Å². The lowest BCUT2D eigenvalue weighted by molar-refractivity contribution is 0.0145. The zero-order valence-electron chi connectivity index (χ0n) is 10.8. The number of hydrogen-bond donors (Lipinski definition) is 1. The number of nitriles is 1. The SMILES string of the molecule is N#CC1(C(O)CC2CCCCC2)CCCCC1. The van der Waals surface area contributed by atoms with E-state index in [1.54, 1.807) is 0 Å². The van der Waals surface area contributed by atoms with Crippen LogP contribution in [-0.2, 0) is 0 Å². The summed E-state index contributed by atoms with van der Waals surface area (Å²) >= 11 is 0. The number of aliphatic hydroxyl groups is 1. The Kier molecular flexibility index (Phi) is 4.45. The second-order valence-corrected chi connectivity index (χ2v) is 6.08. The molecule has 0 aliphatic heterocycles. The van der Waals surface area contributed by atoms with Crippen LogP contribution in [-0.4, -0.2) is 11.2 Å². The van der Waals surface area contributed by atoms with Gasteiger partial charge in [0.25, 0.3) is 0 Å². The van der Waals surface area contributed by atoms with Crippen LogP contribution in [0.2, 0.25) is 0 Å². The Morgan fingerprint density at radius 2 is 1.65 bits per heavy atom. The van der Waals surface area contributed by atoms with E-state index < -0.39 is 5.41 Å². The monoisotopic (exact) mass is 235 g/mol. The van der Waals surface area contributed by atoms with E-state index in [9.17, 15) is 10.4 Å². The van der Waals surface area contributed by atoms with E-state index in [0.29, 0.717) is 5.92 Å². The highest BCUT2D eigenvalue weighted by molar-refractivity contribution is 5.05. The minimum atomic E-state index is -0.407. The van der Waals surface area contributed by atoms with Crippen LogP contribution >= 0.6 is 0 Å². The molecule has 0 aromatic heterocycles. The van der Waals surface area contributed by atoms with E-state index in [2.05, 4.69) is 6.07 Å². The fourth-order valence-corrected chi connectivity index (χ4v) is 3.67. The summed E-state index contributed by atoms with van der Waals surface area (Å²) < 4.78 is 0. The average Bonchev–Trinajstić information content (AvgIpc) is 2.40. The summed E-state index contributed by atoms with van der Waals surface area (Å²) in [6, 6.07) is 2.46. The van der Waals surface area contributed by atoms with E-state index in [1.165, 1.54) is 38.5 Å². The van der Waals surface area contributed by atoms with Crippen LogP contribution in [0.1, 0.15) is 70.6 Å². The van der Waals surface area contributed by atoms with Gasteiger partial charge in [-0.3, -0.25) is 0 Å². The molecule has 96 valence electrons. The summed E-state index contributed by atoms with van der Waals surface area (Å²) in [5, 5.41) is 19.9. The molecule has 0 aromatic carbocycles. The van der Waals surface area contributed by atoms with E-state index in [-0.39, 0.29) is 6.10 Å².